The van der Waals surface area contributed by atoms with Crippen LogP contribution in [-0.4, -0.2) is 18.4 Å². The zero-order valence-electron chi connectivity index (χ0n) is 14.0. The molecule has 0 saturated heterocycles. The highest BCUT2D eigenvalue weighted by Crippen LogP contribution is 2.27. The van der Waals surface area contributed by atoms with E-state index < -0.39 is 0 Å². The minimum Gasteiger partial charge on any atom is -0.375 e. The van der Waals surface area contributed by atoms with Crippen molar-refractivity contribution in [3.05, 3.63) is 51.5 Å². The third-order valence-corrected chi connectivity index (χ3v) is 4.25. The van der Waals surface area contributed by atoms with Crippen LogP contribution in [0.15, 0.2) is 36.4 Å². The number of nitrogens with one attached hydrogen (secondary N) is 3. The smallest absolute Gasteiger partial charge is 0.243 e. The zero-order chi connectivity index (χ0) is 19.1. The summed E-state index contributed by atoms with van der Waals surface area (Å²) < 4.78 is 0. The van der Waals surface area contributed by atoms with Gasteiger partial charge in [0.25, 0.3) is 0 Å². The molecule has 26 heavy (non-hydrogen) atoms. The molecule has 0 atom stereocenters. The van der Waals surface area contributed by atoms with Crippen molar-refractivity contribution in [3.8, 4) is 0 Å². The van der Waals surface area contributed by atoms with Crippen molar-refractivity contribution in [1.29, 1.82) is 0 Å². The van der Waals surface area contributed by atoms with Gasteiger partial charge in [-0.15, -0.1) is 0 Å². The van der Waals surface area contributed by atoms with Gasteiger partial charge in [0.15, 0.2) is 0 Å². The number of hydrogen-bond acceptors (Lipinski definition) is 3. The summed E-state index contributed by atoms with van der Waals surface area (Å²) in [4.78, 5) is 23.8. The van der Waals surface area contributed by atoms with Gasteiger partial charge in [-0.3, -0.25) is 9.59 Å². The number of benzene rings is 2. The van der Waals surface area contributed by atoms with Gasteiger partial charge in [0.1, 0.15) is 0 Å². The molecule has 0 unspecified atom stereocenters. The Labute approximate surface area is 167 Å². The van der Waals surface area contributed by atoms with Gasteiger partial charge in [0.2, 0.25) is 11.8 Å². The molecule has 0 radical (unpaired) electrons. The van der Waals surface area contributed by atoms with Crippen molar-refractivity contribution in [2.75, 3.05) is 22.5 Å². The maximum absolute atomic E-state index is 12.1. The fourth-order valence-corrected chi connectivity index (χ4v) is 2.79. The third kappa shape index (κ3) is 6.09. The summed E-state index contributed by atoms with van der Waals surface area (Å²) in [6.45, 7) is 1.91. The second kappa shape index (κ2) is 9.67. The summed E-state index contributed by atoms with van der Waals surface area (Å²) in [5, 5.41) is 9.69. The Bertz CT molecular complexity index is 812. The first kappa shape index (κ1) is 20.4. The van der Waals surface area contributed by atoms with Crippen LogP contribution < -0.4 is 16.0 Å². The first-order chi connectivity index (χ1) is 12.4. The molecule has 0 aliphatic carbocycles. The number of carbonyl (C=O) groups is 2. The number of amides is 2. The molecule has 5 nitrogen and oxygen atoms in total. The highest BCUT2D eigenvalue weighted by Gasteiger charge is 2.09. The molecule has 0 spiro atoms. The summed E-state index contributed by atoms with van der Waals surface area (Å²) in [6, 6.07) is 9.84. The van der Waals surface area contributed by atoms with Gasteiger partial charge in [0, 0.05) is 17.1 Å². The molecule has 2 aromatic rings. The van der Waals surface area contributed by atoms with Crippen LogP contribution in [0.2, 0.25) is 15.1 Å². The van der Waals surface area contributed by atoms with Crippen molar-refractivity contribution >= 4 is 63.7 Å². The quantitative estimate of drug-likeness (QED) is 0.565. The average Bonchev–Trinajstić information content (AvgIpc) is 2.58. The molecule has 2 amide bonds. The number of hydrogen-bond donors (Lipinski definition) is 3. The zero-order valence-corrected chi connectivity index (χ0v) is 16.3. The normalized spacial score (nSPS) is 10.3. The molecule has 0 bridgehead atoms. The van der Waals surface area contributed by atoms with E-state index >= 15 is 0 Å². The largest absolute Gasteiger partial charge is 0.375 e. The fraction of sp³-hybridized carbons (Fsp3) is 0.222. The third-order valence-electron chi connectivity index (χ3n) is 3.37. The van der Waals surface area contributed by atoms with E-state index in [0.717, 1.165) is 6.42 Å². The summed E-state index contributed by atoms with van der Waals surface area (Å²) >= 11 is 18.0. The van der Waals surface area contributed by atoms with E-state index in [0.29, 0.717) is 38.6 Å². The Hall–Kier alpha value is -1.95. The highest BCUT2D eigenvalue weighted by molar-refractivity contribution is 6.36. The topological polar surface area (TPSA) is 70.2 Å². The van der Waals surface area contributed by atoms with Gasteiger partial charge in [-0.25, -0.2) is 0 Å². The number of carbonyl (C=O) groups excluding carboxylic acids is 2. The van der Waals surface area contributed by atoms with Crippen LogP contribution in [0, 0.1) is 0 Å². The van der Waals surface area contributed by atoms with Crippen LogP contribution in [-0.2, 0) is 9.59 Å². The van der Waals surface area contributed by atoms with E-state index in [2.05, 4.69) is 16.0 Å². The lowest BCUT2D eigenvalue weighted by Crippen LogP contribution is -2.22. The molecule has 8 heteroatoms. The van der Waals surface area contributed by atoms with E-state index in [1.807, 2.05) is 6.92 Å². The van der Waals surface area contributed by atoms with Gasteiger partial charge in [-0.1, -0.05) is 41.7 Å². The van der Waals surface area contributed by atoms with Crippen LogP contribution in [0.4, 0.5) is 17.1 Å². The highest BCUT2D eigenvalue weighted by atomic mass is 35.5. The molecule has 0 saturated carbocycles. The molecule has 0 fully saturated rings. The second-order valence-electron chi connectivity index (χ2n) is 5.52. The molecule has 0 aliphatic heterocycles. The van der Waals surface area contributed by atoms with Gasteiger partial charge in [-0.05, 0) is 42.8 Å². The summed E-state index contributed by atoms with van der Waals surface area (Å²) in [6.07, 6.45) is 1.20. The van der Waals surface area contributed by atoms with E-state index in [4.69, 9.17) is 34.8 Å². The summed E-state index contributed by atoms with van der Waals surface area (Å²) in [5.41, 5.74) is 1.62. The van der Waals surface area contributed by atoms with Crippen molar-refractivity contribution in [2.24, 2.45) is 0 Å². The number of rotatable bonds is 7. The Morgan fingerprint density at radius 2 is 1.65 bits per heavy atom. The standard InChI is InChI=1S/C18H18Cl3N3O2/c1-2-3-17(25)23-12-5-6-13(20)16(9-12)22-10-18(26)24-15-7-4-11(19)8-14(15)21/h4-9,22H,2-3,10H2,1H3,(H,23,25)(H,24,26). The van der Waals surface area contributed by atoms with E-state index in [1.165, 1.54) is 0 Å². The Morgan fingerprint density at radius 1 is 0.885 bits per heavy atom. The van der Waals surface area contributed by atoms with Crippen LogP contribution >= 0.6 is 34.8 Å². The van der Waals surface area contributed by atoms with Crippen molar-refractivity contribution < 1.29 is 9.59 Å². The Morgan fingerprint density at radius 3 is 2.35 bits per heavy atom. The minimum atomic E-state index is -0.300. The van der Waals surface area contributed by atoms with Crippen LogP contribution in [0.25, 0.3) is 0 Å². The minimum absolute atomic E-state index is 0.0228. The molecule has 3 N–H and O–H groups in total. The van der Waals surface area contributed by atoms with Crippen LogP contribution in [0.5, 0.6) is 0 Å². The van der Waals surface area contributed by atoms with Crippen molar-refractivity contribution in [3.63, 3.8) is 0 Å². The lowest BCUT2D eigenvalue weighted by molar-refractivity contribution is -0.116. The molecule has 2 rings (SSSR count). The Kier molecular flexibility index (Phi) is 7.57. The number of anilines is 3. The molecule has 2 aromatic carbocycles. The number of halogens is 3. The van der Waals surface area contributed by atoms with Gasteiger partial charge in [0.05, 0.1) is 28.0 Å². The first-order valence-corrected chi connectivity index (χ1v) is 9.10. The van der Waals surface area contributed by atoms with Crippen molar-refractivity contribution in [1.82, 2.24) is 0 Å². The Balaban J connectivity index is 1.97. The lowest BCUT2D eigenvalue weighted by atomic mass is 10.2. The SMILES string of the molecule is CCCC(=O)Nc1ccc(Cl)c(NCC(=O)Nc2ccc(Cl)cc2Cl)c1. The monoisotopic (exact) mass is 413 g/mol. The first-order valence-electron chi connectivity index (χ1n) is 7.97. The van der Waals surface area contributed by atoms with Crippen LogP contribution in [0.3, 0.4) is 0 Å². The van der Waals surface area contributed by atoms with Gasteiger partial charge in [-0.2, -0.15) is 0 Å². The fourth-order valence-electron chi connectivity index (χ4n) is 2.15. The van der Waals surface area contributed by atoms with Gasteiger partial charge >= 0.3 is 0 Å². The van der Waals surface area contributed by atoms with E-state index in [1.54, 1.807) is 36.4 Å². The van der Waals surface area contributed by atoms with Crippen LogP contribution in [0.1, 0.15) is 19.8 Å². The molecule has 0 aliphatic rings. The molecule has 0 heterocycles. The average molecular weight is 415 g/mol. The molecular weight excluding hydrogens is 397 g/mol. The molecule has 138 valence electrons. The van der Waals surface area contributed by atoms with E-state index in [9.17, 15) is 9.59 Å². The second-order valence-corrected chi connectivity index (χ2v) is 6.77. The molecule has 0 aromatic heterocycles. The summed E-state index contributed by atoms with van der Waals surface area (Å²) in [7, 11) is 0. The maximum atomic E-state index is 12.1. The summed E-state index contributed by atoms with van der Waals surface area (Å²) in [5.74, 6) is -0.374. The van der Waals surface area contributed by atoms with Crippen molar-refractivity contribution in [2.45, 2.75) is 19.8 Å². The molecular formula is C18H18Cl3N3O2. The van der Waals surface area contributed by atoms with Gasteiger partial charge < -0.3 is 16.0 Å². The van der Waals surface area contributed by atoms with E-state index in [-0.39, 0.29) is 18.4 Å². The predicted octanol–water partition coefficient (Wildman–Crippen LogP) is 5.44. The lowest BCUT2D eigenvalue weighted by Gasteiger charge is -2.12. The predicted molar refractivity (Wildman–Crippen MR) is 109 cm³/mol. The maximum Gasteiger partial charge on any atom is 0.243 e.